The summed E-state index contributed by atoms with van der Waals surface area (Å²) in [5.41, 5.74) is 0.792. The van der Waals surface area contributed by atoms with Crippen LogP contribution in [0.4, 0.5) is 11.8 Å². The fourth-order valence-electron chi connectivity index (χ4n) is 2.93. The largest absolute Gasteiger partial charge is 0.394 e. The van der Waals surface area contributed by atoms with E-state index < -0.39 is 0 Å². The summed E-state index contributed by atoms with van der Waals surface area (Å²) in [4.78, 5) is 12.3. The summed E-state index contributed by atoms with van der Waals surface area (Å²) in [6, 6.07) is 2.39. The SMILES string of the molecule is C[C@H](Nc1nc(NC2CN(CCO)N=N2)nc2[nH]ccc12)C1CC1. The number of fused-ring (bicyclic) bond motifs is 1. The summed E-state index contributed by atoms with van der Waals surface area (Å²) in [6.07, 6.45) is 4.22. The molecule has 3 heterocycles. The lowest BCUT2D eigenvalue weighted by Gasteiger charge is -2.16. The van der Waals surface area contributed by atoms with Gasteiger partial charge in [0, 0.05) is 12.2 Å². The standard InChI is InChI=1S/C15H22N8O/c1-9(10-2-3-10)17-14-11-4-5-16-13(11)19-15(20-14)18-12-8-23(6-7-24)22-21-12/h4-5,9-10,12,24H,2-3,6-8H2,1H3,(H3,16,17,18,19,20)/t9-,12?/m0/s1. The molecule has 2 aliphatic rings. The van der Waals surface area contributed by atoms with Crippen LogP contribution >= 0.6 is 0 Å². The van der Waals surface area contributed by atoms with Crippen LogP contribution in [0.3, 0.4) is 0 Å². The molecule has 4 rings (SSSR count). The average Bonchev–Trinajstić information content (AvgIpc) is 3.16. The van der Waals surface area contributed by atoms with Gasteiger partial charge in [0.05, 0.1) is 25.1 Å². The van der Waals surface area contributed by atoms with Gasteiger partial charge >= 0.3 is 0 Å². The maximum atomic E-state index is 8.97. The highest BCUT2D eigenvalue weighted by molar-refractivity contribution is 5.88. The predicted octanol–water partition coefficient (Wildman–Crippen LogP) is 1.58. The van der Waals surface area contributed by atoms with Crippen LogP contribution in [0.15, 0.2) is 22.6 Å². The van der Waals surface area contributed by atoms with Crippen LogP contribution < -0.4 is 10.6 Å². The number of aliphatic hydroxyl groups excluding tert-OH is 1. The molecule has 1 aliphatic heterocycles. The second-order valence-corrected chi connectivity index (χ2v) is 6.41. The van der Waals surface area contributed by atoms with E-state index >= 15 is 0 Å². The van der Waals surface area contributed by atoms with E-state index in [0.717, 1.165) is 22.8 Å². The third kappa shape index (κ3) is 3.12. The van der Waals surface area contributed by atoms with Gasteiger partial charge in [-0.2, -0.15) is 9.97 Å². The summed E-state index contributed by atoms with van der Waals surface area (Å²) >= 11 is 0. The van der Waals surface area contributed by atoms with Gasteiger partial charge in [0.1, 0.15) is 11.5 Å². The monoisotopic (exact) mass is 330 g/mol. The van der Waals surface area contributed by atoms with E-state index in [1.54, 1.807) is 5.01 Å². The minimum Gasteiger partial charge on any atom is -0.394 e. The van der Waals surface area contributed by atoms with E-state index in [2.05, 4.69) is 42.8 Å². The van der Waals surface area contributed by atoms with Gasteiger partial charge in [-0.3, -0.25) is 5.01 Å². The second-order valence-electron chi connectivity index (χ2n) is 6.41. The summed E-state index contributed by atoms with van der Waals surface area (Å²) in [5, 5.41) is 26.6. The van der Waals surface area contributed by atoms with Crippen LogP contribution in [0.5, 0.6) is 0 Å². The van der Waals surface area contributed by atoms with Gasteiger partial charge in [-0.1, -0.05) is 5.22 Å². The Morgan fingerprint density at radius 3 is 3.08 bits per heavy atom. The lowest BCUT2D eigenvalue weighted by atomic mass is 10.2. The van der Waals surface area contributed by atoms with Crippen LogP contribution in [0, 0.1) is 5.92 Å². The molecule has 2 atom stereocenters. The van der Waals surface area contributed by atoms with Crippen LogP contribution in [0.25, 0.3) is 11.0 Å². The normalized spacial score (nSPS) is 21.4. The molecule has 2 aromatic heterocycles. The number of β-amino-alcohol motifs (C(OH)–C–C–N with tert-alkyl or cyclic N) is 1. The molecule has 128 valence electrons. The van der Waals surface area contributed by atoms with E-state index in [-0.39, 0.29) is 12.8 Å². The Bertz CT molecular complexity index is 740. The highest BCUT2D eigenvalue weighted by Gasteiger charge is 2.28. The van der Waals surface area contributed by atoms with Crippen molar-refractivity contribution in [2.24, 2.45) is 16.3 Å². The van der Waals surface area contributed by atoms with Crippen LogP contribution in [-0.4, -0.2) is 57.0 Å². The Kier molecular flexibility index (Phi) is 3.93. The molecule has 0 bridgehead atoms. The lowest BCUT2D eigenvalue weighted by Crippen LogP contribution is -2.29. The zero-order valence-corrected chi connectivity index (χ0v) is 13.6. The minimum absolute atomic E-state index is 0.0593. The Balaban J connectivity index is 1.52. The fourth-order valence-corrected chi connectivity index (χ4v) is 2.93. The van der Waals surface area contributed by atoms with Crippen molar-refractivity contribution >= 4 is 22.8 Å². The number of nitrogens with zero attached hydrogens (tertiary/aromatic N) is 5. The second kappa shape index (κ2) is 6.23. The molecule has 1 aliphatic carbocycles. The summed E-state index contributed by atoms with van der Waals surface area (Å²) in [6.45, 7) is 3.32. The molecular formula is C15H22N8O. The third-order valence-electron chi connectivity index (χ3n) is 4.46. The fraction of sp³-hybridized carbons (Fsp3) is 0.600. The van der Waals surface area contributed by atoms with Crippen molar-refractivity contribution in [3.8, 4) is 0 Å². The molecule has 1 fully saturated rings. The molecular weight excluding hydrogens is 308 g/mol. The number of hydrogen-bond acceptors (Lipinski definition) is 8. The summed E-state index contributed by atoms with van der Waals surface area (Å²) in [5.74, 6) is 2.09. The number of H-pyrrole nitrogens is 1. The Labute approximate surface area is 139 Å². The van der Waals surface area contributed by atoms with Crippen molar-refractivity contribution in [3.05, 3.63) is 12.3 Å². The zero-order valence-electron chi connectivity index (χ0n) is 13.6. The molecule has 1 saturated carbocycles. The number of anilines is 2. The molecule has 0 amide bonds. The minimum atomic E-state index is -0.210. The third-order valence-corrected chi connectivity index (χ3v) is 4.46. The Hall–Kier alpha value is -2.42. The molecule has 2 aromatic rings. The molecule has 4 N–H and O–H groups in total. The van der Waals surface area contributed by atoms with Crippen LogP contribution in [0.2, 0.25) is 0 Å². The molecule has 9 heteroatoms. The molecule has 0 radical (unpaired) electrons. The summed E-state index contributed by atoms with van der Waals surface area (Å²) < 4.78 is 0. The average molecular weight is 330 g/mol. The first-order chi connectivity index (χ1) is 11.7. The number of aromatic nitrogens is 3. The molecule has 1 unspecified atom stereocenters. The zero-order chi connectivity index (χ0) is 16.5. The molecule has 0 saturated heterocycles. The first kappa shape index (κ1) is 15.1. The van der Waals surface area contributed by atoms with Gasteiger partial charge in [-0.05, 0) is 31.7 Å². The van der Waals surface area contributed by atoms with Crippen LogP contribution in [0.1, 0.15) is 19.8 Å². The van der Waals surface area contributed by atoms with E-state index in [4.69, 9.17) is 5.11 Å². The van der Waals surface area contributed by atoms with E-state index in [0.29, 0.717) is 25.1 Å². The van der Waals surface area contributed by atoms with Crippen molar-refractivity contribution in [3.63, 3.8) is 0 Å². The maximum Gasteiger partial charge on any atom is 0.228 e. The first-order valence-corrected chi connectivity index (χ1v) is 8.37. The predicted molar refractivity (Wildman–Crippen MR) is 90.6 cm³/mol. The van der Waals surface area contributed by atoms with Gasteiger partial charge in [0.15, 0.2) is 6.17 Å². The van der Waals surface area contributed by atoms with Gasteiger partial charge in [-0.15, -0.1) is 5.11 Å². The quantitative estimate of drug-likeness (QED) is 0.613. The van der Waals surface area contributed by atoms with Gasteiger partial charge < -0.3 is 20.7 Å². The number of rotatable bonds is 7. The molecule has 24 heavy (non-hydrogen) atoms. The van der Waals surface area contributed by atoms with Crippen LogP contribution in [-0.2, 0) is 0 Å². The van der Waals surface area contributed by atoms with E-state index in [9.17, 15) is 0 Å². The molecule has 9 nitrogen and oxygen atoms in total. The number of aromatic amines is 1. The molecule has 0 aromatic carbocycles. The smallest absolute Gasteiger partial charge is 0.228 e. The Morgan fingerprint density at radius 1 is 1.42 bits per heavy atom. The van der Waals surface area contributed by atoms with Crippen molar-refractivity contribution in [2.75, 3.05) is 30.3 Å². The first-order valence-electron chi connectivity index (χ1n) is 8.37. The van der Waals surface area contributed by atoms with E-state index in [1.807, 2.05) is 12.3 Å². The highest BCUT2D eigenvalue weighted by atomic mass is 16.3. The van der Waals surface area contributed by atoms with Gasteiger partial charge in [0.2, 0.25) is 5.95 Å². The lowest BCUT2D eigenvalue weighted by molar-refractivity contribution is 0.211. The molecule has 0 spiro atoms. The number of nitrogens with one attached hydrogen (secondary N) is 3. The number of hydrogen-bond donors (Lipinski definition) is 4. The van der Waals surface area contributed by atoms with Crippen molar-refractivity contribution < 1.29 is 5.11 Å². The maximum absolute atomic E-state index is 8.97. The van der Waals surface area contributed by atoms with Crippen molar-refractivity contribution in [1.29, 1.82) is 0 Å². The Morgan fingerprint density at radius 2 is 2.29 bits per heavy atom. The van der Waals surface area contributed by atoms with Crippen molar-refractivity contribution in [2.45, 2.75) is 32.0 Å². The van der Waals surface area contributed by atoms with Crippen molar-refractivity contribution in [1.82, 2.24) is 20.0 Å². The van der Waals surface area contributed by atoms with Gasteiger partial charge in [0.25, 0.3) is 0 Å². The number of aliphatic hydroxyl groups is 1. The van der Waals surface area contributed by atoms with E-state index in [1.165, 1.54) is 12.8 Å². The summed E-state index contributed by atoms with van der Waals surface area (Å²) in [7, 11) is 0. The topological polar surface area (TPSA) is 114 Å². The van der Waals surface area contributed by atoms with Gasteiger partial charge in [-0.25, -0.2) is 0 Å². The highest BCUT2D eigenvalue weighted by Crippen LogP contribution is 2.34.